The molecule has 3 aromatic rings. The normalized spacial score (nSPS) is 18.7. The first kappa shape index (κ1) is 18.0. The molecule has 1 N–H and O–H groups in total. The average molecular weight is 388 g/mol. The molecule has 1 atom stereocenters. The molecule has 0 aliphatic carbocycles. The van der Waals surface area contributed by atoms with Crippen LogP contribution in [0.15, 0.2) is 60.7 Å². The Morgan fingerprint density at radius 2 is 1.83 bits per heavy atom. The fourth-order valence-corrected chi connectivity index (χ4v) is 4.37. The molecule has 0 aromatic heterocycles. The molecule has 29 heavy (non-hydrogen) atoms. The SMILES string of the molecule is O=C(CN1CCC[C@@H]1c1ccc2c(c1)OCCO2)Nc1cccc2ccccc12. The Labute approximate surface area is 170 Å². The second-order valence-corrected chi connectivity index (χ2v) is 7.61. The fraction of sp³-hybridized carbons (Fsp3) is 0.292. The number of fused-ring (bicyclic) bond motifs is 2. The number of carbonyl (C=O) groups excluding carboxylic acids is 1. The lowest BCUT2D eigenvalue weighted by Crippen LogP contribution is -2.33. The largest absolute Gasteiger partial charge is 0.486 e. The van der Waals surface area contributed by atoms with Crippen molar-refractivity contribution >= 4 is 22.4 Å². The number of ether oxygens (including phenoxy) is 2. The van der Waals surface area contributed by atoms with Crippen molar-refractivity contribution in [3.05, 3.63) is 66.2 Å². The molecular weight excluding hydrogens is 364 g/mol. The molecule has 0 spiro atoms. The van der Waals surface area contributed by atoms with Gasteiger partial charge in [-0.15, -0.1) is 0 Å². The van der Waals surface area contributed by atoms with E-state index in [9.17, 15) is 4.79 Å². The lowest BCUT2D eigenvalue weighted by atomic mass is 10.0. The number of anilines is 1. The minimum absolute atomic E-state index is 0.0193. The Kier molecular flexibility index (Phi) is 4.82. The first-order chi connectivity index (χ1) is 14.3. The van der Waals surface area contributed by atoms with E-state index in [-0.39, 0.29) is 11.9 Å². The summed E-state index contributed by atoms with van der Waals surface area (Å²) in [7, 11) is 0. The minimum atomic E-state index is 0.0193. The Morgan fingerprint density at radius 1 is 1.00 bits per heavy atom. The van der Waals surface area contributed by atoms with Crippen LogP contribution in [0.3, 0.4) is 0 Å². The summed E-state index contributed by atoms with van der Waals surface area (Å²) in [5.41, 5.74) is 2.05. The molecule has 0 unspecified atom stereocenters. The summed E-state index contributed by atoms with van der Waals surface area (Å²) >= 11 is 0. The third-order valence-corrected chi connectivity index (χ3v) is 5.73. The molecular formula is C24H24N2O3. The van der Waals surface area contributed by atoms with E-state index < -0.39 is 0 Å². The van der Waals surface area contributed by atoms with E-state index in [4.69, 9.17) is 9.47 Å². The number of nitrogens with one attached hydrogen (secondary N) is 1. The van der Waals surface area contributed by atoms with Gasteiger partial charge in [0.05, 0.1) is 6.54 Å². The zero-order chi connectivity index (χ0) is 19.6. The van der Waals surface area contributed by atoms with E-state index in [0.717, 1.165) is 47.3 Å². The number of nitrogens with zero attached hydrogens (tertiary/aromatic N) is 1. The standard InChI is InChI=1S/C24H24N2O3/c27-24(25-20-8-3-6-17-5-1-2-7-19(17)20)16-26-12-4-9-21(26)18-10-11-22-23(15-18)29-14-13-28-22/h1-3,5-8,10-11,15,21H,4,9,12-14,16H2,(H,25,27)/t21-/m1/s1. The van der Waals surface area contributed by atoms with Gasteiger partial charge in [-0.05, 0) is 48.5 Å². The van der Waals surface area contributed by atoms with E-state index in [1.54, 1.807) is 0 Å². The maximum absolute atomic E-state index is 12.8. The zero-order valence-electron chi connectivity index (χ0n) is 16.3. The van der Waals surface area contributed by atoms with Gasteiger partial charge in [0, 0.05) is 17.1 Å². The zero-order valence-corrected chi connectivity index (χ0v) is 16.3. The topological polar surface area (TPSA) is 50.8 Å². The molecule has 0 bridgehead atoms. The van der Waals surface area contributed by atoms with Crippen LogP contribution in [-0.4, -0.2) is 37.1 Å². The molecule has 0 radical (unpaired) electrons. The van der Waals surface area contributed by atoms with E-state index in [1.165, 1.54) is 5.56 Å². The van der Waals surface area contributed by atoms with Crippen LogP contribution < -0.4 is 14.8 Å². The lowest BCUT2D eigenvalue weighted by molar-refractivity contribution is -0.117. The Bertz CT molecular complexity index is 1040. The van der Waals surface area contributed by atoms with Crippen molar-refractivity contribution in [2.45, 2.75) is 18.9 Å². The van der Waals surface area contributed by atoms with Gasteiger partial charge in [0.2, 0.25) is 5.91 Å². The van der Waals surface area contributed by atoms with Crippen LogP contribution in [-0.2, 0) is 4.79 Å². The van der Waals surface area contributed by atoms with Gasteiger partial charge in [-0.1, -0.05) is 42.5 Å². The van der Waals surface area contributed by atoms with Gasteiger partial charge in [0.25, 0.3) is 0 Å². The molecule has 148 valence electrons. The van der Waals surface area contributed by atoms with Gasteiger partial charge in [0.1, 0.15) is 13.2 Å². The van der Waals surface area contributed by atoms with Crippen LogP contribution in [0.25, 0.3) is 10.8 Å². The Balaban J connectivity index is 1.31. The number of likely N-dealkylation sites (tertiary alicyclic amines) is 1. The lowest BCUT2D eigenvalue weighted by Gasteiger charge is -2.26. The molecule has 1 fully saturated rings. The van der Waals surface area contributed by atoms with E-state index in [1.807, 2.05) is 36.4 Å². The molecule has 0 saturated carbocycles. The quantitative estimate of drug-likeness (QED) is 0.720. The smallest absolute Gasteiger partial charge is 0.238 e. The molecule has 2 aliphatic heterocycles. The first-order valence-corrected chi connectivity index (χ1v) is 10.2. The third kappa shape index (κ3) is 3.66. The van der Waals surface area contributed by atoms with Gasteiger partial charge in [-0.25, -0.2) is 0 Å². The Morgan fingerprint density at radius 3 is 2.76 bits per heavy atom. The van der Waals surface area contributed by atoms with E-state index in [2.05, 4.69) is 34.5 Å². The molecule has 2 aliphatic rings. The Hall–Kier alpha value is -3.05. The number of amides is 1. The highest BCUT2D eigenvalue weighted by molar-refractivity contribution is 6.02. The van der Waals surface area contributed by atoms with Crippen molar-refractivity contribution in [3.63, 3.8) is 0 Å². The van der Waals surface area contributed by atoms with Gasteiger partial charge in [-0.2, -0.15) is 0 Å². The van der Waals surface area contributed by atoms with Crippen molar-refractivity contribution in [1.29, 1.82) is 0 Å². The van der Waals surface area contributed by atoms with Crippen LogP contribution in [0.1, 0.15) is 24.4 Å². The average Bonchev–Trinajstić information content (AvgIpc) is 3.21. The summed E-state index contributed by atoms with van der Waals surface area (Å²) in [6.45, 7) is 2.47. The number of benzene rings is 3. The summed E-state index contributed by atoms with van der Waals surface area (Å²) in [5.74, 6) is 1.63. The summed E-state index contributed by atoms with van der Waals surface area (Å²) in [6, 6.07) is 20.5. The monoisotopic (exact) mass is 388 g/mol. The van der Waals surface area contributed by atoms with Crippen LogP contribution in [0, 0.1) is 0 Å². The molecule has 5 rings (SSSR count). The van der Waals surface area contributed by atoms with Crippen molar-refractivity contribution in [1.82, 2.24) is 4.90 Å². The van der Waals surface area contributed by atoms with Crippen LogP contribution in [0.5, 0.6) is 11.5 Å². The third-order valence-electron chi connectivity index (χ3n) is 5.73. The minimum Gasteiger partial charge on any atom is -0.486 e. The van der Waals surface area contributed by atoms with Crippen LogP contribution in [0.4, 0.5) is 5.69 Å². The van der Waals surface area contributed by atoms with Gasteiger partial charge >= 0.3 is 0 Å². The summed E-state index contributed by atoms with van der Waals surface area (Å²) in [5, 5.41) is 5.30. The van der Waals surface area contributed by atoms with Crippen molar-refractivity contribution in [2.75, 3.05) is 31.6 Å². The molecule has 5 heteroatoms. The first-order valence-electron chi connectivity index (χ1n) is 10.2. The van der Waals surface area contributed by atoms with Crippen LogP contribution >= 0.6 is 0 Å². The maximum atomic E-state index is 12.8. The molecule has 2 heterocycles. The molecule has 5 nitrogen and oxygen atoms in total. The van der Waals surface area contributed by atoms with Crippen molar-refractivity contribution in [3.8, 4) is 11.5 Å². The highest BCUT2D eigenvalue weighted by Gasteiger charge is 2.28. The van der Waals surface area contributed by atoms with E-state index in [0.29, 0.717) is 19.8 Å². The highest BCUT2D eigenvalue weighted by Crippen LogP contribution is 2.38. The number of carbonyl (C=O) groups is 1. The van der Waals surface area contributed by atoms with Gasteiger partial charge in [-0.3, -0.25) is 9.69 Å². The number of rotatable bonds is 4. The van der Waals surface area contributed by atoms with E-state index >= 15 is 0 Å². The van der Waals surface area contributed by atoms with Crippen molar-refractivity contribution < 1.29 is 14.3 Å². The molecule has 1 saturated heterocycles. The predicted molar refractivity (Wildman–Crippen MR) is 114 cm³/mol. The highest BCUT2D eigenvalue weighted by atomic mass is 16.6. The molecule has 3 aromatic carbocycles. The van der Waals surface area contributed by atoms with Gasteiger partial charge < -0.3 is 14.8 Å². The molecule has 1 amide bonds. The summed E-state index contributed by atoms with van der Waals surface area (Å²) in [4.78, 5) is 15.1. The summed E-state index contributed by atoms with van der Waals surface area (Å²) < 4.78 is 11.4. The second kappa shape index (κ2) is 7.76. The number of hydrogen-bond acceptors (Lipinski definition) is 4. The van der Waals surface area contributed by atoms with Gasteiger partial charge in [0.15, 0.2) is 11.5 Å². The van der Waals surface area contributed by atoms with Crippen molar-refractivity contribution in [2.24, 2.45) is 0 Å². The fourth-order valence-electron chi connectivity index (χ4n) is 4.37. The predicted octanol–water partition coefficient (Wildman–Crippen LogP) is 4.39. The second-order valence-electron chi connectivity index (χ2n) is 7.61. The number of hydrogen-bond donors (Lipinski definition) is 1. The van der Waals surface area contributed by atoms with Crippen LogP contribution in [0.2, 0.25) is 0 Å². The maximum Gasteiger partial charge on any atom is 0.238 e. The summed E-state index contributed by atoms with van der Waals surface area (Å²) in [6.07, 6.45) is 2.13.